The van der Waals surface area contributed by atoms with E-state index in [0.717, 1.165) is 17.6 Å². The number of methoxy groups -OCH3 is 1. The molecule has 0 saturated heterocycles. The summed E-state index contributed by atoms with van der Waals surface area (Å²) in [6.07, 6.45) is 3.18. The Bertz CT molecular complexity index is 557. The molecule has 1 aromatic carbocycles. The predicted octanol–water partition coefficient (Wildman–Crippen LogP) is 3.08. The van der Waals surface area contributed by atoms with E-state index in [4.69, 9.17) is 4.74 Å². The van der Waals surface area contributed by atoms with E-state index in [0.29, 0.717) is 12.0 Å². The Morgan fingerprint density at radius 1 is 1.21 bits per heavy atom. The maximum absolute atomic E-state index is 12.9. The molecule has 1 atom stereocenters. The van der Waals surface area contributed by atoms with Crippen molar-refractivity contribution in [2.75, 3.05) is 7.11 Å². The summed E-state index contributed by atoms with van der Waals surface area (Å²) in [5.41, 5.74) is 1.16. The first-order valence-corrected chi connectivity index (χ1v) is 6.40. The second kappa shape index (κ2) is 5.00. The second-order valence-corrected chi connectivity index (χ2v) is 4.97. The van der Waals surface area contributed by atoms with Gasteiger partial charge in [0.05, 0.1) is 7.11 Å². The number of carbonyl (C=O) groups excluding carboxylic acids is 2. The van der Waals surface area contributed by atoms with Gasteiger partial charge in [-0.1, -0.05) is 35.9 Å². The molecule has 3 nitrogen and oxygen atoms in total. The Morgan fingerprint density at radius 3 is 2.42 bits per heavy atom. The van der Waals surface area contributed by atoms with Gasteiger partial charge < -0.3 is 4.74 Å². The summed E-state index contributed by atoms with van der Waals surface area (Å²) in [6.45, 7) is 3.71. The highest BCUT2D eigenvalue weighted by Crippen LogP contribution is 2.43. The van der Waals surface area contributed by atoms with E-state index in [-0.39, 0.29) is 5.78 Å². The van der Waals surface area contributed by atoms with Crippen molar-refractivity contribution in [2.24, 2.45) is 5.41 Å². The number of esters is 1. The van der Waals surface area contributed by atoms with E-state index in [1.807, 2.05) is 38.1 Å². The maximum Gasteiger partial charge on any atom is 0.323 e. The Kier molecular flexibility index (Phi) is 3.56. The van der Waals surface area contributed by atoms with Crippen molar-refractivity contribution in [1.82, 2.24) is 0 Å². The number of allylic oxidation sites excluding steroid dienone is 1. The van der Waals surface area contributed by atoms with Crippen molar-refractivity contribution in [2.45, 2.75) is 26.7 Å². The zero-order valence-corrected chi connectivity index (χ0v) is 11.5. The highest BCUT2D eigenvalue weighted by molar-refractivity contribution is 6.15. The summed E-state index contributed by atoms with van der Waals surface area (Å²) >= 11 is 0. The van der Waals surface area contributed by atoms with Gasteiger partial charge in [0, 0.05) is 5.56 Å². The van der Waals surface area contributed by atoms with Crippen molar-refractivity contribution in [3.63, 3.8) is 0 Å². The fourth-order valence-corrected chi connectivity index (χ4v) is 2.76. The van der Waals surface area contributed by atoms with Crippen molar-refractivity contribution >= 4 is 11.8 Å². The van der Waals surface area contributed by atoms with Crippen molar-refractivity contribution in [3.05, 3.63) is 47.0 Å². The number of hydrogen-bond acceptors (Lipinski definition) is 3. The number of hydrogen-bond donors (Lipinski definition) is 0. The SMILES string of the molecule is COC(=O)C1(C(=O)c2ccccc2C)CCC=C1C. The van der Waals surface area contributed by atoms with Crippen LogP contribution < -0.4 is 0 Å². The van der Waals surface area contributed by atoms with E-state index in [9.17, 15) is 9.59 Å². The quantitative estimate of drug-likeness (QED) is 0.362. The fourth-order valence-electron chi connectivity index (χ4n) is 2.76. The smallest absolute Gasteiger partial charge is 0.323 e. The lowest BCUT2D eigenvalue weighted by atomic mass is 9.74. The molecule has 0 bridgehead atoms. The van der Waals surface area contributed by atoms with Crippen LogP contribution in [0.5, 0.6) is 0 Å². The van der Waals surface area contributed by atoms with Crippen molar-refractivity contribution < 1.29 is 14.3 Å². The Labute approximate surface area is 113 Å². The van der Waals surface area contributed by atoms with E-state index in [1.165, 1.54) is 7.11 Å². The molecule has 0 spiro atoms. The van der Waals surface area contributed by atoms with Gasteiger partial charge in [0.1, 0.15) is 0 Å². The van der Waals surface area contributed by atoms with Gasteiger partial charge in [0.25, 0.3) is 0 Å². The van der Waals surface area contributed by atoms with Crippen LogP contribution in [-0.4, -0.2) is 18.9 Å². The van der Waals surface area contributed by atoms with Crippen LogP contribution in [0.4, 0.5) is 0 Å². The first-order valence-electron chi connectivity index (χ1n) is 6.40. The van der Waals surface area contributed by atoms with Gasteiger partial charge >= 0.3 is 5.97 Å². The van der Waals surface area contributed by atoms with E-state index in [1.54, 1.807) is 6.07 Å². The first kappa shape index (κ1) is 13.5. The summed E-state index contributed by atoms with van der Waals surface area (Å²) in [4.78, 5) is 25.0. The van der Waals surface area contributed by atoms with Gasteiger partial charge in [-0.3, -0.25) is 9.59 Å². The first-order chi connectivity index (χ1) is 9.04. The van der Waals surface area contributed by atoms with Crippen LogP contribution >= 0.6 is 0 Å². The predicted molar refractivity (Wildman–Crippen MR) is 72.9 cm³/mol. The lowest BCUT2D eigenvalue weighted by Crippen LogP contribution is -2.40. The number of benzene rings is 1. The van der Waals surface area contributed by atoms with Gasteiger partial charge in [-0.05, 0) is 32.3 Å². The van der Waals surface area contributed by atoms with Crippen LogP contribution in [0, 0.1) is 12.3 Å². The van der Waals surface area contributed by atoms with Gasteiger partial charge in [-0.15, -0.1) is 0 Å². The molecule has 0 fully saturated rings. The molecule has 0 N–H and O–H groups in total. The average molecular weight is 258 g/mol. The molecule has 0 aromatic heterocycles. The number of rotatable bonds is 3. The molecule has 19 heavy (non-hydrogen) atoms. The molecule has 3 heteroatoms. The van der Waals surface area contributed by atoms with Gasteiger partial charge in [0.2, 0.25) is 0 Å². The molecule has 100 valence electrons. The molecule has 0 radical (unpaired) electrons. The van der Waals surface area contributed by atoms with Gasteiger partial charge in [0.15, 0.2) is 11.2 Å². The number of ketones is 1. The Hall–Kier alpha value is -1.90. The van der Waals surface area contributed by atoms with Crippen LogP contribution in [0.15, 0.2) is 35.9 Å². The molecule has 1 aromatic rings. The highest BCUT2D eigenvalue weighted by atomic mass is 16.5. The third-order valence-corrected chi connectivity index (χ3v) is 3.95. The monoisotopic (exact) mass is 258 g/mol. The van der Waals surface area contributed by atoms with Crippen LogP contribution in [-0.2, 0) is 9.53 Å². The van der Waals surface area contributed by atoms with E-state index >= 15 is 0 Å². The number of ether oxygens (including phenoxy) is 1. The number of aryl methyl sites for hydroxylation is 1. The Balaban J connectivity index is 2.53. The van der Waals surface area contributed by atoms with Crippen LogP contribution in [0.1, 0.15) is 35.7 Å². The zero-order chi connectivity index (χ0) is 14.0. The van der Waals surface area contributed by atoms with E-state index in [2.05, 4.69) is 0 Å². The molecule has 0 amide bonds. The minimum Gasteiger partial charge on any atom is -0.468 e. The minimum absolute atomic E-state index is 0.149. The molecule has 0 aliphatic heterocycles. The lowest BCUT2D eigenvalue weighted by Gasteiger charge is -2.27. The maximum atomic E-state index is 12.9. The summed E-state index contributed by atoms with van der Waals surface area (Å²) in [7, 11) is 1.33. The largest absolute Gasteiger partial charge is 0.468 e. The second-order valence-electron chi connectivity index (χ2n) is 4.97. The summed E-state index contributed by atoms with van der Waals surface area (Å²) in [6, 6.07) is 7.35. The summed E-state index contributed by atoms with van der Waals surface area (Å²) in [5, 5.41) is 0. The van der Waals surface area contributed by atoms with Crippen LogP contribution in [0.3, 0.4) is 0 Å². The summed E-state index contributed by atoms with van der Waals surface area (Å²) in [5.74, 6) is -0.601. The fraction of sp³-hybridized carbons (Fsp3) is 0.375. The normalized spacial score (nSPS) is 21.9. The zero-order valence-electron chi connectivity index (χ0n) is 11.5. The van der Waals surface area contributed by atoms with Crippen molar-refractivity contribution in [3.8, 4) is 0 Å². The van der Waals surface area contributed by atoms with Crippen LogP contribution in [0.25, 0.3) is 0 Å². The van der Waals surface area contributed by atoms with Crippen LogP contribution in [0.2, 0.25) is 0 Å². The molecule has 0 heterocycles. The minimum atomic E-state index is -1.12. The summed E-state index contributed by atoms with van der Waals surface area (Å²) < 4.78 is 4.89. The standard InChI is InChI=1S/C16H18O3/c1-11-7-4-5-9-13(11)14(17)16(15(18)19-3)10-6-8-12(16)2/h4-5,7-9H,6,10H2,1-3H3. The molecule has 0 saturated carbocycles. The molecule has 1 aliphatic rings. The molecule has 1 aliphatic carbocycles. The third-order valence-electron chi connectivity index (χ3n) is 3.95. The number of carbonyl (C=O) groups is 2. The molecule has 2 rings (SSSR count). The van der Waals surface area contributed by atoms with Gasteiger partial charge in [-0.2, -0.15) is 0 Å². The molecular formula is C16H18O3. The average Bonchev–Trinajstić information content (AvgIpc) is 2.80. The third kappa shape index (κ3) is 1.99. The van der Waals surface area contributed by atoms with E-state index < -0.39 is 11.4 Å². The topological polar surface area (TPSA) is 43.4 Å². The Morgan fingerprint density at radius 2 is 1.89 bits per heavy atom. The van der Waals surface area contributed by atoms with Crippen molar-refractivity contribution in [1.29, 1.82) is 0 Å². The number of Topliss-reactive ketones (excluding diaryl/α,β-unsaturated/α-hetero) is 1. The molecule has 1 unspecified atom stereocenters. The van der Waals surface area contributed by atoms with Gasteiger partial charge in [-0.25, -0.2) is 0 Å². The highest BCUT2D eigenvalue weighted by Gasteiger charge is 2.50. The molecular weight excluding hydrogens is 240 g/mol. The lowest BCUT2D eigenvalue weighted by molar-refractivity contribution is -0.147.